The molecule has 0 saturated heterocycles. The molecule has 0 saturated carbocycles. The summed E-state index contributed by atoms with van der Waals surface area (Å²) in [5.74, 6) is 0.732. The number of carbonyl (C=O) groups excluding carboxylic acids is 1. The van der Waals surface area contributed by atoms with Crippen LogP contribution in [0.25, 0.3) is 10.7 Å². The van der Waals surface area contributed by atoms with Crippen LogP contribution in [-0.4, -0.2) is 39.8 Å². The topological polar surface area (TPSA) is 117 Å². The molecule has 0 fully saturated rings. The molecule has 0 aliphatic heterocycles. The molecule has 3 aromatic heterocycles. The zero-order valence-electron chi connectivity index (χ0n) is 43.1. The van der Waals surface area contributed by atoms with Crippen LogP contribution in [0, 0.1) is 27.7 Å². The van der Waals surface area contributed by atoms with Gasteiger partial charge in [0.1, 0.15) is 12.1 Å². The molecule has 0 spiro atoms. The fraction of sp³-hybridized carbons (Fsp3) is 0.464. The first-order valence-electron chi connectivity index (χ1n) is 24.2. The molecule has 0 aliphatic rings. The molecule has 0 aliphatic carbocycles. The Balaban J connectivity index is 0.000000993. The monoisotopic (exact) mass is 938 g/mol. The number of nitrogens with zero attached hydrogens (tertiary/aromatic N) is 4. The number of hydrogen-bond acceptors (Lipinski definition) is 9. The Morgan fingerprint density at radius 1 is 0.697 bits per heavy atom. The van der Waals surface area contributed by atoms with E-state index in [0.717, 1.165) is 64.7 Å². The van der Waals surface area contributed by atoms with E-state index in [9.17, 15) is 9.59 Å². The van der Waals surface area contributed by atoms with Crippen molar-refractivity contribution in [2.75, 3.05) is 5.32 Å². The van der Waals surface area contributed by atoms with Crippen molar-refractivity contribution in [2.45, 2.75) is 174 Å². The number of unbranched alkanes of at least 4 members (excludes halogenated alkanes) is 4. The van der Waals surface area contributed by atoms with Crippen LogP contribution in [0.1, 0.15) is 185 Å². The van der Waals surface area contributed by atoms with Crippen molar-refractivity contribution in [3.05, 3.63) is 132 Å². The molecule has 0 bridgehead atoms. The number of hydrogen-bond donors (Lipinski definition) is 2. The number of anilines is 1. The van der Waals surface area contributed by atoms with E-state index in [1.54, 1.807) is 36.4 Å². The third-order valence-corrected chi connectivity index (χ3v) is 12.1. The average Bonchev–Trinajstić information content (AvgIpc) is 4.01. The van der Waals surface area contributed by atoms with Crippen LogP contribution in [0.15, 0.2) is 94.2 Å². The highest BCUT2D eigenvalue weighted by Gasteiger charge is 2.12. The number of rotatable bonds is 19. The van der Waals surface area contributed by atoms with Crippen LogP contribution in [0.5, 0.6) is 0 Å². The number of aromatic nitrogens is 2. The number of aldehydes is 1. The zero-order chi connectivity index (χ0) is 49.9. The van der Waals surface area contributed by atoms with Gasteiger partial charge in [-0.15, -0.1) is 22.7 Å². The summed E-state index contributed by atoms with van der Waals surface area (Å²) in [4.78, 5) is 45.0. The van der Waals surface area contributed by atoms with Gasteiger partial charge in [0.05, 0.1) is 17.0 Å². The summed E-state index contributed by atoms with van der Waals surface area (Å²) in [6.07, 6.45) is 13.8. The molecule has 5 aromatic rings. The molecule has 0 amide bonds. The van der Waals surface area contributed by atoms with E-state index in [1.165, 1.54) is 82.9 Å². The van der Waals surface area contributed by atoms with Crippen LogP contribution in [0.2, 0.25) is 0 Å². The minimum Gasteiger partial charge on any atom is -0.478 e. The maximum atomic E-state index is 10.9. The first-order valence-corrected chi connectivity index (χ1v) is 25.9. The number of aromatic carboxylic acids is 1. The van der Waals surface area contributed by atoms with Gasteiger partial charge in [-0.3, -0.25) is 9.79 Å². The zero-order valence-corrected chi connectivity index (χ0v) is 44.7. The maximum Gasteiger partial charge on any atom is 0.335 e. The SMILES string of the molecule is C=N/C(Nc1ccc(C=O)cc1)=C(/CC)C(CC)=NCc1ccc(CCCCC)s1.CC.CC.CCC.CCCCCc1ccc(-c2nc(C)c(C)c(C)n2)s1.Cc1ccc(C(=O)O)cc1. The number of thiophene rings is 2. The highest BCUT2D eigenvalue weighted by atomic mass is 32.1. The molecule has 66 heavy (non-hydrogen) atoms. The van der Waals surface area contributed by atoms with Gasteiger partial charge in [0.15, 0.2) is 5.82 Å². The van der Waals surface area contributed by atoms with Crippen LogP contribution < -0.4 is 5.32 Å². The molecule has 0 atom stereocenters. The van der Waals surface area contributed by atoms with Gasteiger partial charge in [-0.25, -0.2) is 19.8 Å². The first kappa shape index (κ1) is 60.9. The Bertz CT molecular complexity index is 2130. The normalized spacial score (nSPS) is 10.7. The van der Waals surface area contributed by atoms with Crippen molar-refractivity contribution in [1.82, 2.24) is 9.97 Å². The number of nitrogens with one attached hydrogen (secondary N) is 1. The van der Waals surface area contributed by atoms with Crippen LogP contribution >= 0.6 is 22.7 Å². The predicted molar refractivity (Wildman–Crippen MR) is 291 cm³/mol. The molecule has 8 nitrogen and oxygen atoms in total. The van der Waals surface area contributed by atoms with Crippen molar-refractivity contribution in [3.63, 3.8) is 0 Å². The Kier molecular flexibility index (Phi) is 34.2. The minimum absolute atomic E-state index is 0.339. The van der Waals surface area contributed by atoms with E-state index in [4.69, 9.17) is 10.1 Å². The molecule has 5 rings (SSSR count). The van der Waals surface area contributed by atoms with Gasteiger partial charge >= 0.3 is 5.97 Å². The summed E-state index contributed by atoms with van der Waals surface area (Å²) < 4.78 is 0. The average molecular weight is 938 g/mol. The number of benzene rings is 2. The number of carbonyl (C=O) groups is 2. The lowest BCUT2D eigenvalue weighted by Crippen LogP contribution is -2.10. The molecular formula is C56H83N5O3S2. The molecule has 362 valence electrons. The van der Waals surface area contributed by atoms with Crippen molar-refractivity contribution in [2.24, 2.45) is 9.98 Å². The Hall–Kier alpha value is -5.06. The van der Waals surface area contributed by atoms with Gasteiger partial charge < -0.3 is 10.4 Å². The van der Waals surface area contributed by atoms with Gasteiger partial charge in [-0.2, -0.15) is 0 Å². The van der Waals surface area contributed by atoms with Gasteiger partial charge in [-0.1, -0.05) is 119 Å². The lowest BCUT2D eigenvalue weighted by molar-refractivity contribution is 0.0696. The number of allylic oxidation sites excluding steroid dienone is 1. The fourth-order valence-corrected chi connectivity index (χ4v) is 8.01. The van der Waals surface area contributed by atoms with E-state index in [-0.39, 0.29) is 0 Å². The summed E-state index contributed by atoms with van der Waals surface area (Å²) in [6, 6.07) is 22.9. The van der Waals surface area contributed by atoms with E-state index in [0.29, 0.717) is 17.7 Å². The van der Waals surface area contributed by atoms with Crippen molar-refractivity contribution in [1.29, 1.82) is 0 Å². The summed E-state index contributed by atoms with van der Waals surface area (Å²) >= 11 is 3.71. The second-order valence-corrected chi connectivity index (χ2v) is 17.5. The molecule has 10 heteroatoms. The van der Waals surface area contributed by atoms with Crippen molar-refractivity contribution in [3.8, 4) is 10.7 Å². The number of carboxylic acids is 1. The third-order valence-electron chi connectivity index (χ3n) is 9.80. The second kappa shape index (κ2) is 37.1. The van der Waals surface area contributed by atoms with Gasteiger partial charge in [0, 0.05) is 48.6 Å². The van der Waals surface area contributed by atoms with Gasteiger partial charge in [-0.05, 0) is 139 Å². The molecule has 0 unspecified atom stereocenters. The van der Waals surface area contributed by atoms with Crippen LogP contribution in [0.4, 0.5) is 5.69 Å². The van der Waals surface area contributed by atoms with Crippen molar-refractivity contribution >= 4 is 53.0 Å². The lowest BCUT2D eigenvalue weighted by Gasteiger charge is -2.14. The highest BCUT2D eigenvalue weighted by molar-refractivity contribution is 7.15. The summed E-state index contributed by atoms with van der Waals surface area (Å²) in [6.45, 7) is 33.5. The van der Waals surface area contributed by atoms with Crippen LogP contribution in [0.3, 0.4) is 0 Å². The third kappa shape index (κ3) is 23.4. The highest BCUT2D eigenvalue weighted by Crippen LogP contribution is 2.28. The molecular weight excluding hydrogens is 855 g/mol. The van der Waals surface area contributed by atoms with Crippen molar-refractivity contribution < 1.29 is 14.7 Å². The summed E-state index contributed by atoms with van der Waals surface area (Å²) in [5, 5.41) is 11.8. The molecule has 2 aromatic carbocycles. The molecule has 0 radical (unpaired) electrons. The second-order valence-electron chi connectivity index (χ2n) is 15.1. The van der Waals surface area contributed by atoms with Gasteiger partial charge in [0.25, 0.3) is 0 Å². The minimum atomic E-state index is -0.875. The quantitative estimate of drug-likeness (QED) is 0.0484. The fourth-order valence-electron chi connectivity index (χ4n) is 6.05. The largest absolute Gasteiger partial charge is 0.478 e. The number of carboxylic acid groups (broad SMARTS) is 1. The van der Waals surface area contributed by atoms with E-state index < -0.39 is 5.97 Å². The Morgan fingerprint density at radius 2 is 1.21 bits per heavy atom. The van der Waals surface area contributed by atoms with E-state index in [2.05, 4.69) is 114 Å². The Morgan fingerprint density at radius 3 is 1.68 bits per heavy atom. The van der Waals surface area contributed by atoms with E-state index >= 15 is 0 Å². The first-order chi connectivity index (χ1) is 31.9. The standard InChI is InChI=1S/C25H33N3OS.C16H22N2S.C8H8O2.C3H8.2C2H6/c1-5-8-9-10-21-15-16-22(30-21)17-27-24(7-3)23(6-2)25(26-4)28-20-13-11-19(18-29)12-14-20;1-5-6-7-8-14-9-10-15(19-14)16-17-12(3)11(2)13(4)18-16;1-6-2-4-7(5-3-6)8(9)10;1-3-2;2*1-2/h11-16,18,28H,4-10,17H2,1-3H3;9-10H,5-8H2,1-4H3;2-5H,1H3,(H,9,10);3H2,1-2H3;2*1-2H3/b25-23+,27-24?;;;;;. The number of aliphatic imine (C=N–C) groups is 2. The smallest absolute Gasteiger partial charge is 0.335 e. The molecule has 2 N–H and O–H groups in total. The van der Waals surface area contributed by atoms with Crippen LogP contribution in [-0.2, 0) is 19.4 Å². The maximum absolute atomic E-state index is 10.9. The predicted octanol–water partition coefficient (Wildman–Crippen LogP) is 17.1. The van der Waals surface area contributed by atoms with Gasteiger partial charge in [0.2, 0.25) is 0 Å². The number of aryl methyl sites for hydroxylation is 5. The molecule has 3 heterocycles. The lowest BCUT2D eigenvalue weighted by atomic mass is 10.1. The Labute approximate surface area is 408 Å². The summed E-state index contributed by atoms with van der Waals surface area (Å²) in [7, 11) is 0. The van der Waals surface area contributed by atoms with E-state index in [1.807, 2.05) is 69.4 Å². The summed E-state index contributed by atoms with van der Waals surface area (Å²) in [5.41, 5.74) is 8.43.